The Morgan fingerprint density at radius 1 is 1.14 bits per heavy atom. The van der Waals surface area contributed by atoms with Crippen molar-refractivity contribution in [2.45, 2.75) is 49.5 Å². The summed E-state index contributed by atoms with van der Waals surface area (Å²) in [6.45, 7) is 0.404. The van der Waals surface area contributed by atoms with Gasteiger partial charge in [0.2, 0.25) is 10.0 Å². The molecule has 1 aromatic carbocycles. The summed E-state index contributed by atoms with van der Waals surface area (Å²) < 4.78 is 30.7. The Balaban J connectivity index is 1.63. The molecule has 8 heteroatoms. The summed E-state index contributed by atoms with van der Waals surface area (Å²) in [5, 5.41) is 0. The molecule has 0 unspecified atom stereocenters. The van der Waals surface area contributed by atoms with Crippen LogP contribution in [0.3, 0.4) is 0 Å². The van der Waals surface area contributed by atoms with E-state index in [0.717, 1.165) is 23.6 Å². The lowest BCUT2D eigenvalue weighted by molar-refractivity contribution is -0.140. The van der Waals surface area contributed by atoms with Crippen molar-refractivity contribution in [1.29, 1.82) is 0 Å². The molecule has 2 fully saturated rings. The molecule has 1 aliphatic carbocycles. The van der Waals surface area contributed by atoms with Crippen molar-refractivity contribution < 1.29 is 22.7 Å². The van der Waals surface area contributed by atoms with Gasteiger partial charge in [0.15, 0.2) is 6.61 Å². The topological polar surface area (TPSA) is 84.0 Å². The number of nitrogens with zero attached hydrogens (tertiary/aromatic N) is 2. The number of esters is 1. The first kappa shape index (κ1) is 20.8. The van der Waals surface area contributed by atoms with Gasteiger partial charge in [0, 0.05) is 26.7 Å². The van der Waals surface area contributed by atoms with Crippen molar-refractivity contribution in [2.24, 2.45) is 5.92 Å². The fourth-order valence-electron chi connectivity index (χ4n) is 4.22. The third-order valence-electron chi connectivity index (χ3n) is 5.74. The second-order valence-electron chi connectivity index (χ2n) is 7.73. The Morgan fingerprint density at radius 2 is 1.86 bits per heavy atom. The van der Waals surface area contributed by atoms with Gasteiger partial charge in [-0.05, 0) is 49.8 Å². The number of carbonyl (C=O) groups is 2. The molecule has 0 aromatic heterocycles. The van der Waals surface area contributed by atoms with E-state index in [1.165, 1.54) is 57.6 Å². The summed E-state index contributed by atoms with van der Waals surface area (Å²) >= 11 is 0. The Kier molecular flexibility index (Phi) is 6.40. The van der Waals surface area contributed by atoms with E-state index in [4.69, 9.17) is 4.74 Å². The van der Waals surface area contributed by atoms with Crippen LogP contribution in [-0.4, -0.2) is 62.8 Å². The fourth-order valence-corrected chi connectivity index (χ4v) is 5.17. The lowest BCUT2D eigenvalue weighted by Gasteiger charge is -2.44. The highest BCUT2D eigenvalue weighted by molar-refractivity contribution is 7.89. The monoisotopic (exact) mass is 408 g/mol. The Morgan fingerprint density at radius 3 is 2.61 bits per heavy atom. The van der Waals surface area contributed by atoms with Crippen molar-refractivity contribution in [3.63, 3.8) is 0 Å². The van der Waals surface area contributed by atoms with Crippen LogP contribution in [0.15, 0.2) is 29.2 Å². The molecule has 0 bridgehead atoms. The van der Waals surface area contributed by atoms with Crippen LogP contribution in [0.1, 0.15) is 48.9 Å². The lowest BCUT2D eigenvalue weighted by atomic mass is 9.78. The van der Waals surface area contributed by atoms with E-state index in [1.807, 2.05) is 4.90 Å². The van der Waals surface area contributed by atoms with Gasteiger partial charge in [0.1, 0.15) is 0 Å². The van der Waals surface area contributed by atoms with E-state index in [9.17, 15) is 18.0 Å². The van der Waals surface area contributed by atoms with E-state index >= 15 is 0 Å². The number of sulfonamides is 1. The molecule has 3 rings (SSSR count). The van der Waals surface area contributed by atoms with E-state index in [1.54, 1.807) is 0 Å². The Labute approximate surface area is 166 Å². The van der Waals surface area contributed by atoms with Crippen LogP contribution in [0.25, 0.3) is 0 Å². The van der Waals surface area contributed by atoms with Gasteiger partial charge in [-0.2, -0.15) is 0 Å². The van der Waals surface area contributed by atoms with Crippen LogP contribution in [0.2, 0.25) is 0 Å². The predicted molar refractivity (Wildman–Crippen MR) is 104 cm³/mol. The van der Waals surface area contributed by atoms with Crippen LogP contribution in [0.5, 0.6) is 0 Å². The molecule has 1 aliphatic heterocycles. The number of carbonyl (C=O) groups excluding carboxylic acids is 2. The van der Waals surface area contributed by atoms with E-state index < -0.39 is 16.0 Å². The molecular formula is C20H28N2O5S. The second kappa shape index (κ2) is 8.61. The number of likely N-dealkylation sites (tertiary alicyclic amines) is 1. The molecule has 2 aliphatic rings. The van der Waals surface area contributed by atoms with Gasteiger partial charge in [-0.1, -0.05) is 18.9 Å². The molecule has 0 radical (unpaired) electrons. The second-order valence-corrected chi connectivity index (χ2v) is 9.88. The average molecular weight is 409 g/mol. The first-order valence-electron chi connectivity index (χ1n) is 9.80. The molecule has 0 N–H and O–H groups in total. The molecule has 1 aromatic rings. The normalized spacial score (nSPS) is 22.6. The number of benzene rings is 1. The standard InChI is InChI=1S/C20H28N2O5S/c1-21(2)28(25,26)17-10-5-8-16(13-17)20(24)27-14-19(23)22-12-6-9-15-7-3-4-11-18(15)22/h5,8,10,13,15,18H,3-4,6-7,9,11-12,14H2,1-2H3/t15-,18-/m0/s1. The summed E-state index contributed by atoms with van der Waals surface area (Å²) in [7, 11) is -0.791. The minimum atomic E-state index is -3.64. The van der Waals surface area contributed by atoms with Gasteiger partial charge in [0.05, 0.1) is 10.5 Å². The van der Waals surface area contributed by atoms with Crippen molar-refractivity contribution in [3.05, 3.63) is 29.8 Å². The molecule has 1 saturated carbocycles. The van der Waals surface area contributed by atoms with Crippen LogP contribution < -0.4 is 0 Å². The van der Waals surface area contributed by atoms with Gasteiger partial charge < -0.3 is 9.64 Å². The molecule has 1 amide bonds. The number of ether oxygens (including phenoxy) is 1. The molecular weight excluding hydrogens is 380 g/mol. The summed E-state index contributed by atoms with van der Waals surface area (Å²) in [5.41, 5.74) is 0.116. The number of amides is 1. The van der Waals surface area contributed by atoms with Gasteiger partial charge in [-0.25, -0.2) is 17.5 Å². The minimum absolute atomic E-state index is 0.0133. The number of hydrogen-bond donors (Lipinski definition) is 0. The molecule has 2 atom stereocenters. The van der Waals surface area contributed by atoms with Crippen molar-refractivity contribution in [2.75, 3.05) is 27.2 Å². The number of rotatable bonds is 5. The Hall–Kier alpha value is -1.93. The summed E-state index contributed by atoms with van der Waals surface area (Å²) in [5.74, 6) is -0.293. The smallest absolute Gasteiger partial charge is 0.338 e. The highest BCUT2D eigenvalue weighted by atomic mass is 32.2. The molecule has 7 nitrogen and oxygen atoms in total. The first-order chi connectivity index (χ1) is 13.3. The van der Waals surface area contributed by atoms with Gasteiger partial charge in [-0.15, -0.1) is 0 Å². The van der Waals surface area contributed by atoms with Crippen LogP contribution in [0.4, 0.5) is 0 Å². The maximum absolute atomic E-state index is 12.7. The summed E-state index contributed by atoms with van der Waals surface area (Å²) in [6.07, 6.45) is 6.71. The van der Waals surface area contributed by atoms with Gasteiger partial charge in [-0.3, -0.25) is 4.79 Å². The van der Waals surface area contributed by atoms with Crippen molar-refractivity contribution in [3.8, 4) is 0 Å². The third-order valence-corrected chi connectivity index (χ3v) is 7.55. The lowest BCUT2D eigenvalue weighted by Crippen LogP contribution is -2.50. The highest BCUT2D eigenvalue weighted by Crippen LogP contribution is 2.35. The SMILES string of the molecule is CN(C)S(=O)(=O)c1cccc(C(=O)OCC(=O)N2CCC[C@@H]3CCCC[C@@H]32)c1. The highest BCUT2D eigenvalue weighted by Gasteiger charge is 2.35. The van der Waals surface area contributed by atoms with Gasteiger partial charge in [0.25, 0.3) is 5.91 Å². The maximum Gasteiger partial charge on any atom is 0.338 e. The largest absolute Gasteiger partial charge is 0.452 e. The predicted octanol–water partition coefficient (Wildman–Crippen LogP) is 2.27. The van der Waals surface area contributed by atoms with E-state index in [-0.39, 0.29) is 29.0 Å². The van der Waals surface area contributed by atoms with Crippen molar-refractivity contribution >= 4 is 21.9 Å². The van der Waals surface area contributed by atoms with Crippen molar-refractivity contribution in [1.82, 2.24) is 9.21 Å². The zero-order chi connectivity index (χ0) is 20.3. The van der Waals surface area contributed by atoms with Crippen LogP contribution in [-0.2, 0) is 19.6 Å². The summed E-state index contributed by atoms with van der Waals surface area (Å²) in [4.78, 5) is 26.9. The quantitative estimate of drug-likeness (QED) is 0.698. The molecule has 154 valence electrons. The average Bonchev–Trinajstić information content (AvgIpc) is 2.71. The number of piperidine rings is 1. The number of hydrogen-bond acceptors (Lipinski definition) is 5. The van der Waals surface area contributed by atoms with Gasteiger partial charge >= 0.3 is 5.97 Å². The molecule has 28 heavy (non-hydrogen) atoms. The molecule has 1 heterocycles. The van der Waals surface area contributed by atoms with Crippen LogP contribution >= 0.6 is 0 Å². The van der Waals surface area contributed by atoms with E-state index in [2.05, 4.69) is 0 Å². The molecule has 1 saturated heterocycles. The third kappa shape index (κ3) is 4.38. The first-order valence-corrected chi connectivity index (χ1v) is 11.2. The zero-order valence-electron chi connectivity index (χ0n) is 16.5. The fraction of sp³-hybridized carbons (Fsp3) is 0.600. The minimum Gasteiger partial charge on any atom is -0.452 e. The zero-order valence-corrected chi connectivity index (χ0v) is 17.3. The van der Waals surface area contributed by atoms with E-state index in [0.29, 0.717) is 12.5 Å². The number of fused-ring (bicyclic) bond motifs is 1. The Bertz CT molecular complexity index is 835. The summed E-state index contributed by atoms with van der Waals surface area (Å²) in [6, 6.07) is 5.95. The van der Waals surface area contributed by atoms with Crippen LogP contribution in [0, 0.1) is 5.92 Å². The maximum atomic E-state index is 12.7. The molecule has 0 spiro atoms.